The molecule has 0 aliphatic rings. The van der Waals surface area contributed by atoms with Gasteiger partial charge in [0.1, 0.15) is 5.82 Å². The second kappa shape index (κ2) is 4.97. The van der Waals surface area contributed by atoms with Gasteiger partial charge in [-0.1, -0.05) is 17.7 Å². The summed E-state index contributed by atoms with van der Waals surface area (Å²) in [4.78, 5) is 8.68. The lowest BCUT2D eigenvalue weighted by Crippen LogP contribution is -2.01. The van der Waals surface area contributed by atoms with Gasteiger partial charge in [0.15, 0.2) is 5.65 Å². The van der Waals surface area contributed by atoms with Gasteiger partial charge >= 0.3 is 0 Å². The third-order valence-corrected chi connectivity index (χ3v) is 3.38. The van der Waals surface area contributed by atoms with Crippen LogP contribution in [0.5, 0.6) is 0 Å². The second-order valence-electron chi connectivity index (χ2n) is 4.37. The number of fused-ring (bicyclic) bond motifs is 1. The van der Waals surface area contributed by atoms with Crippen molar-refractivity contribution in [1.82, 2.24) is 20.2 Å². The molecule has 0 unspecified atom stereocenters. The highest BCUT2D eigenvalue weighted by Gasteiger charge is 2.09. The first kappa shape index (κ1) is 12.7. The smallest absolute Gasteiger partial charge is 0.226 e. The summed E-state index contributed by atoms with van der Waals surface area (Å²) >= 11 is 6.13. The van der Waals surface area contributed by atoms with Crippen molar-refractivity contribution in [3.05, 3.63) is 35.0 Å². The van der Waals surface area contributed by atoms with E-state index < -0.39 is 0 Å². The maximum Gasteiger partial charge on any atom is 0.226 e. The Morgan fingerprint density at radius 3 is 2.85 bits per heavy atom. The molecule has 0 spiro atoms. The summed E-state index contributed by atoms with van der Waals surface area (Å²) in [5.41, 5.74) is 2.57. The first-order valence-corrected chi connectivity index (χ1v) is 6.47. The molecule has 3 N–H and O–H groups in total. The van der Waals surface area contributed by atoms with Gasteiger partial charge in [0.05, 0.1) is 11.6 Å². The molecule has 102 valence electrons. The van der Waals surface area contributed by atoms with Crippen molar-refractivity contribution in [2.24, 2.45) is 0 Å². The minimum atomic E-state index is 0.516. The van der Waals surface area contributed by atoms with Crippen molar-refractivity contribution < 1.29 is 0 Å². The Kier molecular flexibility index (Phi) is 3.15. The molecule has 0 atom stereocenters. The molecule has 3 rings (SSSR count). The van der Waals surface area contributed by atoms with E-state index in [1.54, 1.807) is 13.2 Å². The zero-order chi connectivity index (χ0) is 14.1. The summed E-state index contributed by atoms with van der Waals surface area (Å²) in [7, 11) is 1.77. The highest BCUT2D eigenvalue weighted by molar-refractivity contribution is 6.31. The van der Waals surface area contributed by atoms with E-state index in [1.807, 2.05) is 25.1 Å². The van der Waals surface area contributed by atoms with Gasteiger partial charge in [-0.3, -0.25) is 5.10 Å². The van der Waals surface area contributed by atoms with Crippen molar-refractivity contribution in [2.45, 2.75) is 6.92 Å². The number of aromatic nitrogens is 4. The van der Waals surface area contributed by atoms with Crippen LogP contribution in [0.15, 0.2) is 24.4 Å². The molecule has 0 aliphatic heterocycles. The van der Waals surface area contributed by atoms with E-state index in [9.17, 15) is 0 Å². The molecular weight excluding hydrogens is 276 g/mol. The van der Waals surface area contributed by atoms with E-state index in [2.05, 4.69) is 30.8 Å². The topological polar surface area (TPSA) is 78.5 Å². The van der Waals surface area contributed by atoms with Crippen LogP contribution in [-0.2, 0) is 0 Å². The van der Waals surface area contributed by atoms with Crippen LogP contribution < -0.4 is 10.6 Å². The fourth-order valence-electron chi connectivity index (χ4n) is 1.85. The lowest BCUT2D eigenvalue weighted by atomic mass is 10.2. The quantitative estimate of drug-likeness (QED) is 0.690. The Balaban J connectivity index is 2.04. The van der Waals surface area contributed by atoms with Crippen LogP contribution in [0.25, 0.3) is 11.0 Å². The fourth-order valence-corrected chi connectivity index (χ4v) is 2.03. The van der Waals surface area contributed by atoms with Crippen LogP contribution in [0, 0.1) is 6.92 Å². The molecule has 6 nitrogen and oxygen atoms in total. The monoisotopic (exact) mass is 288 g/mol. The molecular formula is C13H13ClN6. The van der Waals surface area contributed by atoms with Gasteiger partial charge in [-0.2, -0.15) is 15.1 Å². The van der Waals surface area contributed by atoms with E-state index in [0.717, 1.165) is 16.6 Å². The van der Waals surface area contributed by atoms with Crippen LogP contribution in [-0.4, -0.2) is 27.2 Å². The Bertz CT molecular complexity index is 767. The summed E-state index contributed by atoms with van der Waals surface area (Å²) in [5, 5.41) is 14.5. The number of halogens is 1. The van der Waals surface area contributed by atoms with Crippen molar-refractivity contribution in [2.75, 3.05) is 17.7 Å². The number of aryl methyl sites for hydroxylation is 1. The summed E-state index contributed by atoms with van der Waals surface area (Å²) in [6.45, 7) is 1.96. The molecule has 3 aromatic rings. The Morgan fingerprint density at radius 2 is 2.10 bits per heavy atom. The average molecular weight is 289 g/mol. The fraction of sp³-hybridized carbons (Fsp3) is 0.154. The molecule has 0 saturated carbocycles. The van der Waals surface area contributed by atoms with Crippen LogP contribution in [0.4, 0.5) is 17.5 Å². The highest BCUT2D eigenvalue weighted by Crippen LogP contribution is 2.26. The van der Waals surface area contributed by atoms with Gasteiger partial charge in [0.25, 0.3) is 0 Å². The van der Waals surface area contributed by atoms with Crippen LogP contribution in [0.3, 0.4) is 0 Å². The number of H-pyrrole nitrogens is 1. The maximum atomic E-state index is 6.13. The van der Waals surface area contributed by atoms with Crippen molar-refractivity contribution in [1.29, 1.82) is 0 Å². The third-order valence-electron chi connectivity index (χ3n) is 2.97. The largest absolute Gasteiger partial charge is 0.357 e. The second-order valence-corrected chi connectivity index (χ2v) is 4.77. The molecule has 7 heteroatoms. The van der Waals surface area contributed by atoms with Crippen LogP contribution in [0.2, 0.25) is 5.02 Å². The molecule has 2 heterocycles. The first-order valence-electron chi connectivity index (χ1n) is 6.09. The van der Waals surface area contributed by atoms with Gasteiger partial charge in [0, 0.05) is 17.8 Å². The average Bonchev–Trinajstić information content (AvgIpc) is 2.91. The lowest BCUT2D eigenvalue weighted by Gasteiger charge is -2.09. The molecule has 0 radical (unpaired) electrons. The summed E-state index contributed by atoms with van der Waals surface area (Å²) < 4.78 is 0. The number of rotatable bonds is 3. The SMILES string of the molecule is CNc1nc(Nc2ccc(C)c(Cl)c2)c2cn[nH]c2n1. The third kappa shape index (κ3) is 2.25. The maximum absolute atomic E-state index is 6.13. The normalized spacial score (nSPS) is 10.8. The number of nitrogens with one attached hydrogen (secondary N) is 3. The van der Waals surface area contributed by atoms with Crippen molar-refractivity contribution >= 4 is 40.1 Å². The minimum absolute atomic E-state index is 0.516. The number of aromatic amines is 1. The summed E-state index contributed by atoms with van der Waals surface area (Å²) in [5.74, 6) is 1.19. The molecule has 0 bridgehead atoms. The van der Waals surface area contributed by atoms with E-state index in [-0.39, 0.29) is 0 Å². The Labute approximate surface area is 120 Å². The lowest BCUT2D eigenvalue weighted by molar-refractivity contribution is 1.09. The molecule has 0 fully saturated rings. The number of nitrogens with zero attached hydrogens (tertiary/aromatic N) is 3. The summed E-state index contributed by atoms with van der Waals surface area (Å²) in [6.07, 6.45) is 1.69. The van der Waals surface area contributed by atoms with Crippen LogP contribution in [0.1, 0.15) is 5.56 Å². The van der Waals surface area contributed by atoms with Gasteiger partial charge in [-0.25, -0.2) is 0 Å². The predicted octanol–water partition coefficient (Wildman–Crippen LogP) is 3.10. The first-order chi connectivity index (χ1) is 9.67. The minimum Gasteiger partial charge on any atom is -0.357 e. The predicted molar refractivity (Wildman–Crippen MR) is 80.7 cm³/mol. The van der Waals surface area contributed by atoms with Crippen molar-refractivity contribution in [3.63, 3.8) is 0 Å². The Morgan fingerprint density at radius 1 is 1.25 bits per heavy atom. The van der Waals surface area contributed by atoms with Gasteiger partial charge in [-0.15, -0.1) is 0 Å². The molecule has 2 aromatic heterocycles. The van der Waals surface area contributed by atoms with Crippen molar-refractivity contribution in [3.8, 4) is 0 Å². The number of benzene rings is 1. The molecule has 0 aliphatic carbocycles. The van der Waals surface area contributed by atoms with E-state index in [0.29, 0.717) is 22.4 Å². The molecule has 0 amide bonds. The van der Waals surface area contributed by atoms with Gasteiger partial charge < -0.3 is 10.6 Å². The number of anilines is 3. The number of hydrogen-bond acceptors (Lipinski definition) is 5. The Hall–Kier alpha value is -2.34. The zero-order valence-corrected chi connectivity index (χ0v) is 11.8. The zero-order valence-electron chi connectivity index (χ0n) is 11.0. The van der Waals surface area contributed by atoms with Gasteiger partial charge in [0.2, 0.25) is 5.95 Å². The number of hydrogen-bond donors (Lipinski definition) is 3. The highest BCUT2D eigenvalue weighted by atomic mass is 35.5. The summed E-state index contributed by atoms with van der Waals surface area (Å²) in [6, 6.07) is 5.77. The molecule has 0 saturated heterocycles. The van der Waals surface area contributed by atoms with Crippen LogP contribution >= 0.6 is 11.6 Å². The van der Waals surface area contributed by atoms with E-state index in [4.69, 9.17) is 11.6 Å². The molecule has 20 heavy (non-hydrogen) atoms. The van der Waals surface area contributed by atoms with Gasteiger partial charge in [-0.05, 0) is 24.6 Å². The standard InChI is InChI=1S/C13H13ClN6/c1-7-3-4-8(5-10(7)14)17-11-9-6-16-20-12(9)19-13(15-2)18-11/h3-6H,1-2H3,(H3,15,16,17,18,19,20). The molecule has 1 aromatic carbocycles. The van der Waals surface area contributed by atoms with E-state index >= 15 is 0 Å². The van der Waals surface area contributed by atoms with E-state index in [1.165, 1.54) is 0 Å².